The second-order valence-corrected chi connectivity index (χ2v) is 21.6. The summed E-state index contributed by atoms with van der Waals surface area (Å²) in [7, 11) is 5.71. The molecule has 0 aliphatic heterocycles. The van der Waals surface area contributed by atoms with Crippen LogP contribution in [0.4, 0.5) is 4.79 Å². The van der Waals surface area contributed by atoms with E-state index >= 15 is 0 Å². The van der Waals surface area contributed by atoms with Gasteiger partial charge in [0.25, 0.3) is 10.4 Å². The molecule has 0 bridgehead atoms. The van der Waals surface area contributed by atoms with E-state index in [-0.39, 0.29) is 40.1 Å². The quantitative estimate of drug-likeness (QED) is 0.100. The van der Waals surface area contributed by atoms with Crippen LogP contribution in [0, 0.1) is 0 Å². The van der Waals surface area contributed by atoms with Gasteiger partial charge in [-0.2, -0.15) is 0 Å². The number of rotatable bonds is 10. The molecule has 6 aromatic carbocycles. The molecule has 0 heterocycles. The summed E-state index contributed by atoms with van der Waals surface area (Å²) in [5, 5.41) is 0.437. The summed E-state index contributed by atoms with van der Waals surface area (Å²) >= 11 is 6.74. The van der Waals surface area contributed by atoms with Crippen molar-refractivity contribution in [2.75, 3.05) is 27.7 Å². The lowest BCUT2D eigenvalue weighted by molar-refractivity contribution is 0.130. The molecule has 0 fully saturated rings. The molecular formula is C58H64N2O4S2. The van der Waals surface area contributed by atoms with E-state index in [4.69, 9.17) is 26.4 Å². The van der Waals surface area contributed by atoms with Crippen LogP contribution < -0.4 is 14.2 Å². The van der Waals surface area contributed by atoms with Crippen LogP contribution in [-0.2, 0) is 6.42 Å². The zero-order valence-corrected chi connectivity index (χ0v) is 41.5. The first-order chi connectivity index (χ1) is 31.5. The summed E-state index contributed by atoms with van der Waals surface area (Å²) < 4.78 is 18.7. The smallest absolute Gasteiger partial charge is 0.286 e. The molecule has 8 heteroatoms. The third kappa shape index (κ3) is 11.2. The third-order valence-corrected chi connectivity index (χ3v) is 14.2. The summed E-state index contributed by atoms with van der Waals surface area (Å²) in [6.07, 6.45) is 2.91. The first-order valence-corrected chi connectivity index (χ1v) is 24.5. The molecule has 1 unspecified atom stereocenters. The Morgan fingerprint density at radius 1 is 0.606 bits per heavy atom. The Hall–Kier alpha value is -5.57. The Labute approximate surface area is 402 Å². The van der Waals surface area contributed by atoms with Crippen molar-refractivity contribution < 1.29 is 19.0 Å². The van der Waals surface area contributed by atoms with Crippen molar-refractivity contribution in [3.05, 3.63) is 190 Å². The van der Waals surface area contributed by atoms with Crippen LogP contribution in [0.15, 0.2) is 150 Å². The zero-order valence-electron chi connectivity index (χ0n) is 39.9. The van der Waals surface area contributed by atoms with Crippen molar-refractivity contribution in [1.29, 1.82) is 0 Å². The number of aryl methyl sites for hydroxylation is 1. The summed E-state index contributed by atoms with van der Waals surface area (Å²) in [6.45, 7) is 13.1. The molecule has 0 saturated carbocycles. The number of nitrogens with zero attached hydrogens (tertiary/aromatic N) is 2. The highest BCUT2D eigenvalue weighted by Gasteiger charge is 2.39. The Bertz CT molecular complexity index is 2620. The minimum atomic E-state index is -0.361. The van der Waals surface area contributed by atoms with Crippen molar-refractivity contribution in [2.45, 2.75) is 106 Å². The van der Waals surface area contributed by atoms with Crippen LogP contribution in [0.25, 0.3) is 0 Å². The first kappa shape index (κ1) is 46.9. The molecule has 0 radical (unpaired) electrons. The molecule has 0 saturated heterocycles. The van der Waals surface area contributed by atoms with Crippen molar-refractivity contribution in [3.8, 4) is 17.2 Å². The van der Waals surface area contributed by atoms with Gasteiger partial charge in [-0.3, -0.25) is 4.79 Å². The molecule has 2 aliphatic rings. The molecule has 2 aliphatic carbocycles. The third-order valence-electron chi connectivity index (χ3n) is 12.7. The number of hydrogen-bond donors (Lipinski definition) is 0. The molecule has 5 atom stereocenters. The van der Waals surface area contributed by atoms with Gasteiger partial charge in [-0.05, 0) is 190 Å². The molecule has 66 heavy (non-hydrogen) atoms. The van der Waals surface area contributed by atoms with Crippen LogP contribution in [-0.4, -0.2) is 59.1 Å². The maximum absolute atomic E-state index is 14.3. The van der Waals surface area contributed by atoms with E-state index in [9.17, 15) is 4.79 Å². The number of carbonyl (C=O) groups excluding carboxylic acids is 1. The maximum atomic E-state index is 14.3. The highest BCUT2D eigenvalue weighted by atomic mass is 32.2. The Balaban J connectivity index is 1.06. The molecule has 342 valence electrons. The van der Waals surface area contributed by atoms with E-state index in [1.807, 2.05) is 38.2 Å². The monoisotopic (exact) mass is 916 g/mol. The van der Waals surface area contributed by atoms with Gasteiger partial charge < -0.3 is 24.0 Å². The predicted octanol–water partition coefficient (Wildman–Crippen LogP) is 14.4. The SMILES string of the molecule is CN(C)C(=S)Oc1ccc([C@@H]2c3ccc(OC(C)(C)C)cc3C(CN(C)C(=O)Sc3ccc([C@@H]4c5ccc(OC(C)(C)C)cc5CC[C@@H]4c4ccccc4)cc3)C[C@@H]2c2ccccc2)cc1. The topological polar surface area (TPSA) is 51.2 Å². The van der Waals surface area contributed by atoms with Gasteiger partial charge in [0.2, 0.25) is 0 Å². The van der Waals surface area contributed by atoms with Gasteiger partial charge in [0.15, 0.2) is 0 Å². The van der Waals surface area contributed by atoms with Crippen LogP contribution >= 0.6 is 24.0 Å². The number of likely N-dealkylation sites (N-methyl/N-ethyl adjacent to an activating group) is 1. The highest BCUT2D eigenvalue weighted by molar-refractivity contribution is 8.13. The van der Waals surface area contributed by atoms with E-state index in [1.165, 1.54) is 56.3 Å². The van der Waals surface area contributed by atoms with Gasteiger partial charge >= 0.3 is 0 Å². The van der Waals surface area contributed by atoms with E-state index in [2.05, 4.69) is 175 Å². The van der Waals surface area contributed by atoms with Crippen molar-refractivity contribution >= 4 is 34.4 Å². The second-order valence-electron chi connectivity index (χ2n) is 20.2. The van der Waals surface area contributed by atoms with Crippen LogP contribution in [0.2, 0.25) is 0 Å². The average molecular weight is 917 g/mol. The van der Waals surface area contributed by atoms with E-state index < -0.39 is 0 Å². The Morgan fingerprint density at radius 3 is 1.70 bits per heavy atom. The molecule has 0 N–H and O–H groups in total. The lowest BCUT2D eigenvalue weighted by Gasteiger charge is -2.40. The Morgan fingerprint density at radius 2 is 1.12 bits per heavy atom. The maximum Gasteiger partial charge on any atom is 0.286 e. The lowest BCUT2D eigenvalue weighted by atomic mass is 9.65. The number of fused-ring (bicyclic) bond motifs is 2. The van der Waals surface area contributed by atoms with Gasteiger partial charge in [0.05, 0.1) is 0 Å². The first-order valence-electron chi connectivity index (χ1n) is 23.3. The van der Waals surface area contributed by atoms with Gasteiger partial charge in [-0.25, -0.2) is 0 Å². The normalized spacial score (nSPS) is 19.2. The van der Waals surface area contributed by atoms with Crippen molar-refractivity contribution in [2.24, 2.45) is 0 Å². The molecule has 8 rings (SSSR count). The summed E-state index contributed by atoms with van der Waals surface area (Å²) in [5.41, 5.74) is 9.63. The minimum absolute atomic E-state index is 0.0209. The standard InChI is InChI=1S/C58H64N2O4S2/c1-57(2,3)63-45-27-32-49-42(34-45)24-31-48(38-16-12-10-13-17-38)53(49)41-22-29-47(30-23-41)66-55(61)60(9)37-43-35-52(39-18-14-11-15-19-39)54(40-20-25-44(26-21-40)62-56(65)59(7)8)50-33-28-46(36-51(43)50)64-58(4,5)6/h10-23,25-30,32-34,36,43,48,52-54H,24,31,35,37H2,1-9H3/t43?,48-,52-,53+,54-/m1/s1. The molecule has 0 aromatic heterocycles. The molecule has 6 aromatic rings. The Kier molecular flexibility index (Phi) is 14.0. The minimum Gasteiger partial charge on any atom is -0.488 e. The number of amides is 1. The van der Waals surface area contributed by atoms with Crippen molar-refractivity contribution in [3.63, 3.8) is 0 Å². The highest BCUT2D eigenvalue weighted by Crippen LogP contribution is 2.52. The number of carbonyl (C=O) groups is 1. The lowest BCUT2D eigenvalue weighted by Crippen LogP contribution is -2.33. The van der Waals surface area contributed by atoms with Crippen LogP contribution in [0.1, 0.15) is 128 Å². The largest absolute Gasteiger partial charge is 0.488 e. The van der Waals surface area contributed by atoms with E-state index in [0.29, 0.717) is 23.4 Å². The van der Waals surface area contributed by atoms with Crippen molar-refractivity contribution in [1.82, 2.24) is 9.80 Å². The molecule has 6 nitrogen and oxygen atoms in total. The molecular weight excluding hydrogens is 853 g/mol. The second kappa shape index (κ2) is 19.7. The summed E-state index contributed by atoms with van der Waals surface area (Å²) in [5.74, 6) is 3.29. The summed E-state index contributed by atoms with van der Waals surface area (Å²) in [4.78, 5) is 18.9. The fraction of sp³-hybridized carbons (Fsp3) is 0.345. The number of hydrogen-bond acceptors (Lipinski definition) is 6. The van der Waals surface area contributed by atoms with E-state index in [0.717, 1.165) is 35.7 Å². The van der Waals surface area contributed by atoms with Gasteiger partial charge in [-0.15, -0.1) is 0 Å². The van der Waals surface area contributed by atoms with Gasteiger partial charge in [0.1, 0.15) is 28.5 Å². The fourth-order valence-electron chi connectivity index (χ4n) is 9.95. The average Bonchev–Trinajstić information content (AvgIpc) is 3.28. The van der Waals surface area contributed by atoms with Gasteiger partial charge in [-0.1, -0.05) is 97.1 Å². The van der Waals surface area contributed by atoms with E-state index in [1.54, 1.807) is 4.90 Å². The van der Waals surface area contributed by atoms with Crippen LogP contribution in [0.3, 0.4) is 0 Å². The number of thiocarbonyl (C=S) groups is 1. The number of ether oxygens (including phenoxy) is 3. The number of benzene rings is 6. The summed E-state index contributed by atoms with van der Waals surface area (Å²) in [6, 6.07) is 52.1. The zero-order chi connectivity index (χ0) is 46.8. The molecule has 0 spiro atoms. The van der Waals surface area contributed by atoms with Gasteiger partial charge in [0, 0.05) is 50.3 Å². The number of thioether (sulfide) groups is 1. The fourth-order valence-corrected chi connectivity index (χ4v) is 10.8. The predicted molar refractivity (Wildman–Crippen MR) is 275 cm³/mol. The van der Waals surface area contributed by atoms with Crippen LogP contribution in [0.5, 0.6) is 17.2 Å². The molecule has 1 amide bonds.